The summed E-state index contributed by atoms with van der Waals surface area (Å²) in [6, 6.07) is 9.08. The number of carbonyl (C=O) groups is 1. The molecule has 1 heterocycles. The molecule has 0 fully saturated rings. The van der Waals surface area contributed by atoms with Gasteiger partial charge < -0.3 is 9.30 Å². The number of carbonyl (C=O) groups excluding carboxylic acids is 1. The number of benzene rings is 1. The molecule has 0 amide bonds. The molecule has 2 rings (SSSR count). The van der Waals surface area contributed by atoms with Crippen LogP contribution < -0.4 is 5.56 Å². The Bertz CT molecular complexity index is 677. The van der Waals surface area contributed by atoms with Crippen LogP contribution in [0, 0.1) is 5.82 Å². The summed E-state index contributed by atoms with van der Waals surface area (Å²) in [5.41, 5.74) is 1.14. The van der Waals surface area contributed by atoms with E-state index < -0.39 is 0 Å². The monoisotopic (exact) mass is 289 g/mol. The van der Waals surface area contributed by atoms with E-state index in [4.69, 9.17) is 4.74 Å². The first-order valence-electron chi connectivity index (χ1n) is 6.61. The maximum Gasteiger partial charge on any atom is 0.261 e. The number of pyridine rings is 1. The van der Waals surface area contributed by atoms with Crippen molar-refractivity contribution < 1.29 is 13.9 Å². The molecule has 0 spiro atoms. The number of ether oxygens (including phenoxy) is 1. The predicted octanol–water partition coefficient (Wildman–Crippen LogP) is 2.50. The second-order valence-electron chi connectivity index (χ2n) is 4.60. The lowest BCUT2D eigenvalue weighted by Crippen LogP contribution is -2.25. The van der Waals surface area contributed by atoms with E-state index >= 15 is 0 Å². The van der Waals surface area contributed by atoms with Gasteiger partial charge in [-0.05, 0) is 48.4 Å². The van der Waals surface area contributed by atoms with Gasteiger partial charge in [-0.15, -0.1) is 0 Å². The SMILES string of the molecule is COCCCn1c(-c2ccc(F)cc2)ccc(C=O)c1=O. The third-order valence-electron chi connectivity index (χ3n) is 3.20. The largest absolute Gasteiger partial charge is 0.385 e. The van der Waals surface area contributed by atoms with Gasteiger partial charge in [0.25, 0.3) is 5.56 Å². The van der Waals surface area contributed by atoms with Crippen molar-refractivity contribution in [1.29, 1.82) is 0 Å². The normalized spacial score (nSPS) is 10.6. The van der Waals surface area contributed by atoms with Crippen molar-refractivity contribution in [2.45, 2.75) is 13.0 Å². The van der Waals surface area contributed by atoms with Crippen molar-refractivity contribution in [2.24, 2.45) is 0 Å². The maximum atomic E-state index is 13.0. The fraction of sp³-hybridized carbons (Fsp3) is 0.250. The summed E-state index contributed by atoms with van der Waals surface area (Å²) >= 11 is 0. The number of hydrogen-bond donors (Lipinski definition) is 0. The van der Waals surface area contributed by atoms with Gasteiger partial charge >= 0.3 is 0 Å². The van der Waals surface area contributed by atoms with Gasteiger partial charge in [-0.25, -0.2) is 4.39 Å². The van der Waals surface area contributed by atoms with Crippen molar-refractivity contribution in [2.75, 3.05) is 13.7 Å². The Labute approximate surface area is 121 Å². The van der Waals surface area contributed by atoms with Gasteiger partial charge in [-0.3, -0.25) is 9.59 Å². The van der Waals surface area contributed by atoms with Crippen LogP contribution in [-0.4, -0.2) is 24.6 Å². The number of aromatic nitrogens is 1. The second kappa shape index (κ2) is 6.95. The van der Waals surface area contributed by atoms with Gasteiger partial charge in [0.05, 0.1) is 11.3 Å². The molecule has 2 aromatic rings. The van der Waals surface area contributed by atoms with Crippen LogP contribution in [0.25, 0.3) is 11.3 Å². The number of aldehydes is 1. The molecule has 0 aliphatic heterocycles. The quantitative estimate of drug-likeness (QED) is 0.606. The van der Waals surface area contributed by atoms with Gasteiger partial charge in [0, 0.05) is 20.3 Å². The van der Waals surface area contributed by atoms with Crippen LogP contribution in [0.5, 0.6) is 0 Å². The molecule has 0 aliphatic rings. The molecular formula is C16H16FNO3. The zero-order valence-electron chi connectivity index (χ0n) is 11.7. The third-order valence-corrected chi connectivity index (χ3v) is 3.20. The summed E-state index contributed by atoms with van der Waals surface area (Å²) < 4.78 is 19.5. The minimum Gasteiger partial charge on any atom is -0.385 e. The molecule has 0 atom stereocenters. The van der Waals surface area contributed by atoms with Crippen molar-refractivity contribution in [3.05, 3.63) is 58.1 Å². The second-order valence-corrected chi connectivity index (χ2v) is 4.60. The molecule has 0 unspecified atom stereocenters. The molecule has 110 valence electrons. The molecule has 0 saturated heterocycles. The van der Waals surface area contributed by atoms with E-state index in [0.29, 0.717) is 31.6 Å². The minimum atomic E-state index is -0.345. The van der Waals surface area contributed by atoms with E-state index in [2.05, 4.69) is 0 Å². The Morgan fingerprint density at radius 1 is 1.19 bits per heavy atom. The van der Waals surface area contributed by atoms with E-state index in [1.807, 2.05) is 0 Å². The first kappa shape index (κ1) is 15.1. The van der Waals surface area contributed by atoms with Crippen LogP contribution >= 0.6 is 0 Å². The van der Waals surface area contributed by atoms with Gasteiger partial charge in [-0.1, -0.05) is 0 Å². The van der Waals surface area contributed by atoms with E-state index in [-0.39, 0.29) is 16.9 Å². The molecule has 0 saturated carbocycles. The van der Waals surface area contributed by atoms with Gasteiger partial charge in [0.15, 0.2) is 6.29 Å². The van der Waals surface area contributed by atoms with E-state index in [1.165, 1.54) is 22.8 Å². The summed E-state index contributed by atoms with van der Waals surface area (Å²) in [5.74, 6) is -0.337. The average Bonchev–Trinajstić information content (AvgIpc) is 2.50. The Kier molecular flexibility index (Phi) is 5.00. The smallest absolute Gasteiger partial charge is 0.261 e. The number of nitrogens with zero attached hydrogens (tertiary/aromatic N) is 1. The number of rotatable bonds is 6. The summed E-state index contributed by atoms with van der Waals surface area (Å²) in [4.78, 5) is 23.2. The lowest BCUT2D eigenvalue weighted by molar-refractivity contribution is 0.112. The summed E-state index contributed by atoms with van der Waals surface area (Å²) in [7, 11) is 1.59. The van der Waals surface area contributed by atoms with Crippen LogP contribution in [-0.2, 0) is 11.3 Å². The summed E-state index contributed by atoms with van der Waals surface area (Å²) in [6.45, 7) is 0.946. The molecule has 4 nitrogen and oxygen atoms in total. The Balaban J connectivity index is 2.48. The van der Waals surface area contributed by atoms with Crippen molar-refractivity contribution in [3.63, 3.8) is 0 Å². The molecule has 5 heteroatoms. The molecule has 0 radical (unpaired) electrons. The zero-order chi connectivity index (χ0) is 15.2. The molecular weight excluding hydrogens is 273 g/mol. The standard InChI is InChI=1S/C16H16FNO3/c1-21-10-2-9-18-15(8-5-13(11-19)16(18)20)12-3-6-14(17)7-4-12/h3-8,11H,2,9-10H2,1H3. The van der Waals surface area contributed by atoms with Gasteiger partial charge in [0.1, 0.15) is 5.82 Å². The molecule has 0 aliphatic carbocycles. The predicted molar refractivity (Wildman–Crippen MR) is 78.0 cm³/mol. The van der Waals surface area contributed by atoms with Gasteiger partial charge in [0.2, 0.25) is 0 Å². The highest BCUT2D eigenvalue weighted by Gasteiger charge is 2.10. The lowest BCUT2D eigenvalue weighted by Gasteiger charge is -2.13. The Morgan fingerprint density at radius 3 is 2.52 bits per heavy atom. The highest BCUT2D eigenvalue weighted by molar-refractivity contribution is 5.75. The molecule has 0 bridgehead atoms. The van der Waals surface area contributed by atoms with Crippen LogP contribution in [0.2, 0.25) is 0 Å². The van der Waals surface area contributed by atoms with E-state index in [0.717, 1.165) is 5.56 Å². The molecule has 21 heavy (non-hydrogen) atoms. The molecule has 1 aromatic heterocycles. The first-order chi connectivity index (χ1) is 10.2. The van der Waals surface area contributed by atoms with Crippen molar-refractivity contribution >= 4 is 6.29 Å². The number of hydrogen-bond acceptors (Lipinski definition) is 3. The highest BCUT2D eigenvalue weighted by atomic mass is 19.1. The van der Waals surface area contributed by atoms with Crippen LogP contribution in [0.1, 0.15) is 16.8 Å². The van der Waals surface area contributed by atoms with E-state index in [1.54, 1.807) is 25.3 Å². The Hall–Kier alpha value is -2.27. The summed E-state index contributed by atoms with van der Waals surface area (Å²) in [5, 5.41) is 0. The third kappa shape index (κ3) is 3.44. The highest BCUT2D eigenvalue weighted by Crippen LogP contribution is 2.19. The molecule has 0 N–H and O–H groups in total. The van der Waals surface area contributed by atoms with E-state index in [9.17, 15) is 14.0 Å². The zero-order valence-corrected chi connectivity index (χ0v) is 11.7. The molecule has 1 aromatic carbocycles. The van der Waals surface area contributed by atoms with Crippen LogP contribution in [0.3, 0.4) is 0 Å². The number of methoxy groups -OCH3 is 1. The summed E-state index contributed by atoms with van der Waals surface area (Å²) in [6.07, 6.45) is 1.19. The first-order valence-corrected chi connectivity index (χ1v) is 6.61. The Morgan fingerprint density at radius 2 is 1.90 bits per heavy atom. The fourth-order valence-electron chi connectivity index (χ4n) is 2.15. The maximum absolute atomic E-state index is 13.0. The minimum absolute atomic E-state index is 0.110. The van der Waals surface area contributed by atoms with Crippen molar-refractivity contribution in [1.82, 2.24) is 4.57 Å². The topological polar surface area (TPSA) is 48.3 Å². The van der Waals surface area contributed by atoms with Crippen LogP contribution in [0.4, 0.5) is 4.39 Å². The number of halogens is 1. The van der Waals surface area contributed by atoms with Crippen LogP contribution in [0.15, 0.2) is 41.2 Å². The lowest BCUT2D eigenvalue weighted by atomic mass is 10.1. The van der Waals surface area contributed by atoms with Gasteiger partial charge in [-0.2, -0.15) is 0 Å². The van der Waals surface area contributed by atoms with Crippen molar-refractivity contribution in [3.8, 4) is 11.3 Å². The fourth-order valence-corrected chi connectivity index (χ4v) is 2.15. The average molecular weight is 289 g/mol.